The zero-order valence-electron chi connectivity index (χ0n) is 15.6. The topological polar surface area (TPSA) is 108 Å². The second-order valence-corrected chi connectivity index (χ2v) is 6.02. The average Bonchev–Trinajstić information content (AvgIpc) is 2.69. The molecule has 0 radical (unpaired) electrons. The van der Waals surface area contributed by atoms with E-state index in [2.05, 4.69) is 25.5 Å². The number of hydrogen-bond donors (Lipinski definition) is 2. The summed E-state index contributed by atoms with van der Waals surface area (Å²) in [6.07, 6.45) is 1.48. The van der Waals surface area contributed by atoms with E-state index in [1.165, 1.54) is 13.3 Å². The summed E-state index contributed by atoms with van der Waals surface area (Å²) in [5, 5.41) is 14.2. The van der Waals surface area contributed by atoms with E-state index in [1.807, 2.05) is 19.0 Å². The fourth-order valence-electron chi connectivity index (χ4n) is 2.48. The number of ether oxygens (including phenoxy) is 2. The first-order valence-corrected chi connectivity index (χ1v) is 8.49. The molecular weight excluding hydrogens is 350 g/mol. The maximum Gasteiger partial charge on any atom is 0.250 e. The van der Waals surface area contributed by atoms with Crippen LogP contribution in [0.3, 0.4) is 0 Å². The Morgan fingerprint density at radius 3 is 2.74 bits per heavy atom. The molecule has 1 aliphatic heterocycles. The molecule has 1 fully saturated rings. The number of nitrogens with one attached hydrogen (secondary N) is 1. The predicted octanol–water partition coefficient (Wildman–Crippen LogP) is 0.934. The van der Waals surface area contributed by atoms with Crippen LogP contribution in [-0.2, 0) is 4.74 Å². The van der Waals surface area contributed by atoms with Crippen LogP contribution in [0, 0.1) is 0 Å². The van der Waals surface area contributed by atoms with Crippen molar-refractivity contribution in [3.05, 3.63) is 23.8 Å². The van der Waals surface area contributed by atoms with Gasteiger partial charge >= 0.3 is 0 Å². The van der Waals surface area contributed by atoms with E-state index in [4.69, 9.17) is 9.47 Å². The third-order valence-electron chi connectivity index (χ3n) is 3.92. The molecule has 0 saturated carbocycles. The second kappa shape index (κ2) is 8.49. The molecule has 1 saturated heterocycles. The lowest BCUT2D eigenvalue weighted by Crippen LogP contribution is -2.37. The smallest absolute Gasteiger partial charge is 0.250 e. The van der Waals surface area contributed by atoms with Crippen molar-refractivity contribution in [1.82, 2.24) is 15.0 Å². The van der Waals surface area contributed by atoms with E-state index in [0.29, 0.717) is 42.4 Å². The highest BCUT2D eigenvalue weighted by Crippen LogP contribution is 2.28. The van der Waals surface area contributed by atoms with E-state index in [-0.39, 0.29) is 5.75 Å². The fraction of sp³-hybridized carbons (Fsp3) is 0.412. The van der Waals surface area contributed by atoms with Crippen LogP contribution in [0.1, 0.15) is 5.56 Å². The summed E-state index contributed by atoms with van der Waals surface area (Å²) in [7, 11) is 5.22. The van der Waals surface area contributed by atoms with E-state index >= 15 is 0 Å². The van der Waals surface area contributed by atoms with Gasteiger partial charge in [-0.3, -0.25) is 0 Å². The molecule has 27 heavy (non-hydrogen) atoms. The van der Waals surface area contributed by atoms with Gasteiger partial charge in [-0.2, -0.15) is 20.1 Å². The Bertz CT molecular complexity index is 807. The molecule has 144 valence electrons. The largest absolute Gasteiger partial charge is 0.504 e. The van der Waals surface area contributed by atoms with Crippen molar-refractivity contribution in [2.24, 2.45) is 5.10 Å². The van der Waals surface area contributed by atoms with Crippen LogP contribution in [0.25, 0.3) is 0 Å². The molecule has 1 aromatic carbocycles. The second-order valence-electron chi connectivity index (χ2n) is 6.02. The average molecular weight is 373 g/mol. The highest BCUT2D eigenvalue weighted by Gasteiger charge is 2.17. The van der Waals surface area contributed by atoms with E-state index in [0.717, 1.165) is 13.1 Å². The molecule has 0 amide bonds. The van der Waals surface area contributed by atoms with Gasteiger partial charge in [0.05, 0.1) is 26.5 Å². The van der Waals surface area contributed by atoms with Crippen LogP contribution in [0.5, 0.6) is 11.5 Å². The zero-order chi connectivity index (χ0) is 19.2. The monoisotopic (exact) mass is 373 g/mol. The van der Waals surface area contributed by atoms with Crippen molar-refractivity contribution in [3.8, 4) is 11.5 Å². The molecule has 1 aliphatic rings. The molecule has 0 atom stereocenters. The molecular formula is C17H23N7O3. The quantitative estimate of drug-likeness (QED) is 0.565. The Hall–Kier alpha value is -3.14. The van der Waals surface area contributed by atoms with Crippen molar-refractivity contribution in [3.63, 3.8) is 0 Å². The number of hydrogen-bond acceptors (Lipinski definition) is 10. The summed E-state index contributed by atoms with van der Waals surface area (Å²) in [5.74, 6) is 1.80. The van der Waals surface area contributed by atoms with Crippen LogP contribution >= 0.6 is 0 Å². The van der Waals surface area contributed by atoms with E-state index < -0.39 is 0 Å². The number of methoxy groups -OCH3 is 1. The fourth-order valence-corrected chi connectivity index (χ4v) is 2.48. The number of aromatic hydroxyl groups is 1. The van der Waals surface area contributed by atoms with Gasteiger partial charge in [0, 0.05) is 32.7 Å². The van der Waals surface area contributed by atoms with Crippen LogP contribution < -0.4 is 20.0 Å². The Labute approximate surface area is 157 Å². The summed E-state index contributed by atoms with van der Waals surface area (Å²) in [6, 6.07) is 5.16. The number of hydrazone groups is 1. The molecule has 10 nitrogen and oxygen atoms in total. The van der Waals surface area contributed by atoms with E-state index in [9.17, 15) is 5.11 Å². The summed E-state index contributed by atoms with van der Waals surface area (Å²) >= 11 is 0. The Morgan fingerprint density at radius 1 is 1.26 bits per heavy atom. The van der Waals surface area contributed by atoms with E-state index in [1.54, 1.807) is 23.1 Å². The molecule has 2 aromatic rings. The third kappa shape index (κ3) is 4.53. The third-order valence-corrected chi connectivity index (χ3v) is 3.92. The summed E-state index contributed by atoms with van der Waals surface area (Å²) in [6.45, 7) is 2.71. The predicted molar refractivity (Wildman–Crippen MR) is 103 cm³/mol. The Morgan fingerprint density at radius 2 is 2.04 bits per heavy atom. The van der Waals surface area contributed by atoms with Gasteiger partial charge in [-0.05, 0) is 12.1 Å². The van der Waals surface area contributed by atoms with Gasteiger partial charge in [-0.25, -0.2) is 5.43 Å². The highest BCUT2D eigenvalue weighted by atomic mass is 16.5. The minimum absolute atomic E-state index is 0.0178. The first kappa shape index (κ1) is 18.6. The first-order valence-electron chi connectivity index (χ1n) is 8.49. The number of aromatic nitrogens is 3. The normalized spacial score (nSPS) is 14.4. The van der Waals surface area contributed by atoms with Crippen molar-refractivity contribution < 1.29 is 14.6 Å². The molecule has 3 rings (SSSR count). The van der Waals surface area contributed by atoms with Crippen molar-refractivity contribution in [2.45, 2.75) is 0 Å². The summed E-state index contributed by atoms with van der Waals surface area (Å²) in [4.78, 5) is 17.1. The van der Waals surface area contributed by atoms with Crippen LogP contribution in [0.15, 0.2) is 23.3 Å². The maximum absolute atomic E-state index is 10.1. The van der Waals surface area contributed by atoms with Gasteiger partial charge in [0.2, 0.25) is 17.8 Å². The lowest BCUT2D eigenvalue weighted by atomic mass is 10.2. The molecule has 2 N–H and O–H groups in total. The summed E-state index contributed by atoms with van der Waals surface area (Å²) in [5.41, 5.74) is 3.31. The molecule has 0 aliphatic carbocycles. The molecule has 10 heteroatoms. The number of phenolic OH excluding ortho intramolecular Hbond substituents is 1. The minimum Gasteiger partial charge on any atom is -0.504 e. The number of nitrogens with zero attached hydrogens (tertiary/aromatic N) is 6. The number of morpholine rings is 1. The van der Waals surface area contributed by atoms with Crippen LogP contribution in [-0.4, -0.2) is 73.8 Å². The maximum atomic E-state index is 10.1. The lowest BCUT2D eigenvalue weighted by molar-refractivity contribution is 0.122. The number of benzene rings is 1. The molecule has 2 heterocycles. The minimum atomic E-state index is 0.0178. The molecule has 1 aromatic heterocycles. The van der Waals surface area contributed by atoms with Crippen molar-refractivity contribution >= 4 is 24.1 Å². The number of rotatable bonds is 6. The molecule has 0 bridgehead atoms. The Balaban J connectivity index is 1.80. The van der Waals surface area contributed by atoms with Gasteiger partial charge in [0.15, 0.2) is 11.5 Å². The SMILES string of the molecule is COc1cccc(/C=N\Nc2nc(N(C)C)nc(N3CCOCC3)n2)c1O. The van der Waals surface area contributed by atoms with Crippen molar-refractivity contribution in [2.75, 3.05) is 62.7 Å². The van der Waals surface area contributed by atoms with Crippen LogP contribution in [0.2, 0.25) is 0 Å². The van der Waals surface area contributed by atoms with Gasteiger partial charge in [-0.1, -0.05) is 6.07 Å². The zero-order valence-corrected chi connectivity index (χ0v) is 15.6. The molecule has 0 spiro atoms. The van der Waals surface area contributed by atoms with Gasteiger partial charge in [0.1, 0.15) is 0 Å². The highest BCUT2D eigenvalue weighted by molar-refractivity contribution is 5.85. The van der Waals surface area contributed by atoms with Gasteiger partial charge in [0.25, 0.3) is 0 Å². The molecule has 0 unspecified atom stereocenters. The number of anilines is 3. The number of phenols is 1. The standard InChI is InChI=1S/C17H23N7O3/c1-23(2)16-19-15(20-17(21-16)24-7-9-27-10-8-24)22-18-11-12-5-4-6-13(26-3)14(12)25/h4-6,11,25H,7-10H2,1-3H3,(H,19,20,21,22)/b18-11-. The first-order chi connectivity index (χ1) is 13.1. The Kier molecular flexibility index (Phi) is 5.87. The van der Waals surface area contributed by atoms with Gasteiger partial charge < -0.3 is 24.4 Å². The number of para-hydroxylation sites is 1. The summed E-state index contributed by atoms with van der Waals surface area (Å²) < 4.78 is 10.5. The lowest BCUT2D eigenvalue weighted by Gasteiger charge is -2.27. The van der Waals surface area contributed by atoms with Crippen molar-refractivity contribution in [1.29, 1.82) is 0 Å². The van der Waals surface area contributed by atoms with Crippen LogP contribution in [0.4, 0.5) is 17.8 Å². The van der Waals surface area contributed by atoms with Gasteiger partial charge in [-0.15, -0.1) is 0 Å².